The van der Waals surface area contributed by atoms with Crippen LogP contribution in [0.4, 0.5) is 0 Å². The van der Waals surface area contributed by atoms with Crippen molar-refractivity contribution in [1.82, 2.24) is 15.5 Å². The molecule has 2 amide bonds. The largest absolute Gasteiger partial charge is 0.392 e. The number of rotatable bonds is 9. The van der Waals surface area contributed by atoms with Gasteiger partial charge in [0.15, 0.2) is 6.29 Å². The molecular formula is C41H50Cl3N3O5. The number of carbonyl (C=O) groups is 2. The third-order valence-electron chi connectivity index (χ3n) is 10.5. The Kier molecular flexibility index (Phi) is 12.6. The first-order valence-electron chi connectivity index (χ1n) is 18.4. The third-order valence-corrected chi connectivity index (χ3v) is 11.0. The molecule has 52 heavy (non-hydrogen) atoms. The molecule has 2 saturated heterocycles. The lowest BCUT2D eigenvalue weighted by Gasteiger charge is -2.50. The van der Waals surface area contributed by atoms with Crippen LogP contribution in [0.1, 0.15) is 100 Å². The van der Waals surface area contributed by atoms with E-state index >= 15 is 0 Å². The Labute approximate surface area is 322 Å². The minimum atomic E-state index is -2.03. The number of aliphatic hydroxyl groups excluding tert-OH is 1. The molecule has 0 aromatic heterocycles. The lowest BCUT2D eigenvalue weighted by atomic mass is 9.75. The van der Waals surface area contributed by atoms with Crippen molar-refractivity contribution in [2.45, 2.75) is 119 Å². The minimum Gasteiger partial charge on any atom is -0.392 e. The van der Waals surface area contributed by atoms with Crippen LogP contribution in [-0.4, -0.2) is 55.9 Å². The summed E-state index contributed by atoms with van der Waals surface area (Å²) < 4.78 is 11.6. The van der Waals surface area contributed by atoms with Crippen LogP contribution in [0.5, 0.6) is 0 Å². The molecule has 1 saturated carbocycles. The fourth-order valence-electron chi connectivity index (χ4n) is 8.00. The minimum absolute atomic E-state index is 0.0248. The van der Waals surface area contributed by atoms with Gasteiger partial charge in [-0.3, -0.25) is 14.5 Å². The molecule has 0 bridgehead atoms. The van der Waals surface area contributed by atoms with Gasteiger partial charge in [-0.15, -0.1) is 0 Å². The number of piperidine rings is 1. The summed E-state index contributed by atoms with van der Waals surface area (Å²) in [5.74, 6) is 0.00222. The van der Waals surface area contributed by atoms with Crippen molar-refractivity contribution in [3.8, 4) is 11.1 Å². The zero-order chi connectivity index (χ0) is 37.0. The molecule has 280 valence electrons. The average molecular weight is 771 g/mol. The van der Waals surface area contributed by atoms with Crippen molar-refractivity contribution in [2.75, 3.05) is 6.54 Å². The van der Waals surface area contributed by atoms with Crippen LogP contribution in [0.15, 0.2) is 72.8 Å². The van der Waals surface area contributed by atoms with Gasteiger partial charge in [-0.25, -0.2) is 0 Å². The summed E-state index contributed by atoms with van der Waals surface area (Å²) >= 11 is 17.2. The Hall–Kier alpha value is -2.69. The molecule has 1 aliphatic carbocycles. The number of hydrogen-bond acceptors (Lipinski definition) is 6. The van der Waals surface area contributed by atoms with E-state index in [-0.39, 0.29) is 42.8 Å². The zero-order valence-electron chi connectivity index (χ0n) is 30.1. The highest BCUT2D eigenvalue weighted by Crippen LogP contribution is 2.42. The van der Waals surface area contributed by atoms with E-state index in [0.29, 0.717) is 24.9 Å². The quantitative estimate of drug-likeness (QED) is 0.190. The van der Waals surface area contributed by atoms with Crippen molar-refractivity contribution in [3.05, 3.63) is 95.1 Å². The van der Waals surface area contributed by atoms with Crippen LogP contribution in [0.3, 0.4) is 0 Å². The van der Waals surface area contributed by atoms with E-state index in [9.17, 15) is 14.7 Å². The summed E-state index contributed by atoms with van der Waals surface area (Å²) in [4.78, 5) is 28.4. The molecule has 3 fully saturated rings. The molecule has 11 heteroatoms. The smallest absolute Gasteiger partial charge is 0.272 e. The lowest BCUT2D eigenvalue weighted by molar-refractivity contribution is -0.255. The molecule has 3 aromatic carbocycles. The van der Waals surface area contributed by atoms with Gasteiger partial charge in [0.05, 0.1) is 24.9 Å². The molecule has 6 rings (SSSR count). The molecule has 0 unspecified atom stereocenters. The van der Waals surface area contributed by atoms with E-state index in [4.69, 9.17) is 44.3 Å². The first-order valence-corrected chi connectivity index (χ1v) is 19.5. The molecule has 3 aliphatic rings. The summed E-state index contributed by atoms with van der Waals surface area (Å²) in [6.45, 7) is 6.93. The summed E-state index contributed by atoms with van der Waals surface area (Å²) in [7, 11) is 0. The molecule has 6 atom stereocenters. The normalized spacial score (nSPS) is 25.6. The summed E-state index contributed by atoms with van der Waals surface area (Å²) in [5, 5.41) is 15.6. The number of benzene rings is 3. The van der Waals surface area contributed by atoms with Gasteiger partial charge in [0.2, 0.25) is 5.91 Å². The van der Waals surface area contributed by atoms with Gasteiger partial charge in [0.25, 0.3) is 9.70 Å². The van der Waals surface area contributed by atoms with Crippen LogP contribution >= 0.6 is 34.8 Å². The highest BCUT2D eigenvalue weighted by atomic mass is 35.6. The summed E-state index contributed by atoms with van der Waals surface area (Å²) in [6, 6.07) is 24.0. The van der Waals surface area contributed by atoms with Crippen LogP contribution in [0, 0.1) is 5.92 Å². The van der Waals surface area contributed by atoms with E-state index in [0.717, 1.165) is 52.6 Å². The van der Waals surface area contributed by atoms with Crippen LogP contribution in [-0.2, 0) is 32.2 Å². The van der Waals surface area contributed by atoms with Gasteiger partial charge >= 0.3 is 0 Å². The van der Waals surface area contributed by atoms with Crippen molar-refractivity contribution in [2.24, 2.45) is 5.92 Å². The van der Waals surface area contributed by atoms with Gasteiger partial charge < -0.3 is 25.2 Å². The van der Waals surface area contributed by atoms with Gasteiger partial charge in [-0.05, 0) is 92.3 Å². The fourth-order valence-corrected chi connectivity index (χ4v) is 8.20. The number of alkyl halides is 3. The van der Waals surface area contributed by atoms with Crippen LogP contribution in [0.25, 0.3) is 11.1 Å². The van der Waals surface area contributed by atoms with Crippen molar-refractivity contribution in [1.29, 1.82) is 0 Å². The molecular weight excluding hydrogens is 721 g/mol. The standard InChI is InChI=1S/C41H50Cl3N3O5/c1-40(2,3)46-37(49)35-19-18-28-9-4-5-13-34(28)47(35)24-33-22-36(29-16-14-26(25-48)15-17-29)52-38(51-33)32-12-7-11-31(21-32)30-10-6-8-27(20-30)23-45-39(50)41(42,43)44/h6-8,10-12,14-17,20-21,28,33-36,38,48H,4-5,9,13,18-19,22-25H2,1-3H3,(H,45,50)(H,46,49)/t28-,33-,34-,35-,36+,38+/m1/s1. The zero-order valence-corrected chi connectivity index (χ0v) is 32.4. The number of carbonyl (C=O) groups excluding carboxylic acids is 2. The summed E-state index contributed by atoms with van der Waals surface area (Å²) in [6.07, 6.45) is 6.19. The topological polar surface area (TPSA) is 100 Å². The Balaban J connectivity index is 1.27. The second-order valence-corrected chi connectivity index (χ2v) is 17.8. The number of aliphatic hydroxyl groups is 1. The van der Waals surface area contributed by atoms with E-state index in [1.54, 1.807) is 0 Å². The summed E-state index contributed by atoms with van der Waals surface area (Å²) in [5.41, 5.74) is 5.20. The molecule has 2 aliphatic heterocycles. The molecule has 8 nitrogen and oxygen atoms in total. The predicted molar refractivity (Wildman–Crippen MR) is 206 cm³/mol. The number of fused-ring (bicyclic) bond motifs is 1. The van der Waals surface area contributed by atoms with E-state index < -0.39 is 16.0 Å². The maximum absolute atomic E-state index is 13.8. The molecule has 3 N–H and O–H groups in total. The number of ether oxygens (including phenoxy) is 2. The molecule has 3 aromatic rings. The van der Waals surface area contributed by atoms with Crippen molar-refractivity contribution in [3.63, 3.8) is 0 Å². The molecule has 2 heterocycles. The number of nitrogens with zero attached hydrogens (tertiary/aromatic N) is 1. The van der Waals surface area contributed by atoms with Crippen LogP contribution < -0.4 is 10.6 Å². The number of likely N-dealkylation sites (tertiary alicyclic amines) is 1. The third kappa shape index (κ3) is 9.89. The molecule has 0 spiro atoms. The van der Waals surface area contributed by atoms with Crippen molar-refractivity contribution < 1.29 is 24.2 Å². The maximum Gasteiger partial charge on any atom is 0.272 e. The highest BCUT2D eigenvalue weighted by molar-refractivity contribution is 6.76. The first-order chi connectivity index (χ1) is 24.8. The number of hydrogen-bond donors (Lipinski definition) is 3. The highest BCUT2D eigenvalue weighted by Gasteiger charge is 2.44. The van der Waals surface area contributed by atoms with Gasteiger partial charge in [0.1, 0.15) is 0 Å². The first kappa shape index (κ1) is 39.0. The number of nitrogens with one attached hydrogen (secondary N) is 2. The Morgan fingerprint density at radius 1 is 0.846 bits per heavy atom. The van der Waals surface area contributed by atoms with Gasteiger partial charge in [-0.2, -0.15) is 0 Å². The SMILES string of the molecule is CC(C)(C)NC(=O)[C@H]1CC[C@H]2CCCC[C@H]2N1C[C@H]1C[C@@H](c2ccc(CO)cc2)O[C@@H](c2cccc(-c3cccc(CNC(=O)C(Cl)(Cl)Cl)c3)c2)O1. The second-order valence-electron chi connectivity index (χ2n) is 15.5. The molecule has 0 radical (unpaired) electrons. The Morgan fingerprint density at radius 3 is 2.27 bits per heavy atom. The lowest BCUT2D eigenvalue weighted by Crippen LogP contribution is -2.61. The second kappa shape index (κ2) is 16.8. The van der Waals surface area contributed by atoms with Gasteiger partial charge in [-0.1, -0.05) is 108 Å². The monoisotopic (exact) mass is 769 g/mol. The van der Waals surface area contributed by atoms with E-state index in [1.807, 2.05) is 87.5 Å². The fraction of sp³-hybridized carbons (Fsp3) is 0.512. The van der Waals surface area contributed by atoms with Gasteiger partial charge in [0, 0.05) is 36.7 Å². The van der Waals surface area contributed by atoms with Crippen molar-refractivity contribution >= 4 is 46.6 Å². The Bertz CT molecular complexity index is 1690. The predicted octanol–water partition coefficient (Wildman–Crippen LogP) is 8.32. The van der Waals surface area contributed by atoms with E-state index in [1.165, 1.54) is 19.3 Å². The van der Waals surface area contributed by atoms with E-state index in [2.05, 4.69) is 21.6 Å². The average Bonchev–Trinajstić information content (AvgIpc) is 3.13. The maximum atomic E-state index is 13.8. The Morgan fingerprint density at radius 2 is 1.56 bits per heavy atom. The van der Waals surface area contributed by atoms with Crippen LogP contribution in [0.2, 0.25) is 0 Å². The number of halogens is 3. The number of amides is 2.